The van der Waals surface area contributed by atoms with Crippen LogP contribution in [0, 0.1) is 0 Å². The first-order valence-corrected chi connectivity index (χ1v) is 5.36. The first-order valence-electron chi connectivity index (χ1n) is 5.36. The lowest BCUT2D eigenvalue weighted by atomic mass is 10.1. The Morgan fingerprint density at radius 2 is 2.18 bits per heavy atom. The fourth-order valence-corrected chi connectivity index (χ4v) is 1.26. The summed E-state index contributed by atoms with van der Waals surface area (Å²) in [6.07, 6.45) is -0.676. The lowest BCUT2D eigenvalue weighted by Gasteiger charge is -2.11. The van der Waals surface area contributed by atoms with Gasteiger partial charge in [0.15, 0.2) is 5.78 Å². The average Bonchev–Trinajstić information content (AvgIpc) is 2.36. The number of hydrogen-bond acceptors (Lipinski definition) is 5. The van der Waals surface area contributed by atoms with Crippen LogP contribution in [0.25, 0.3) is 0 Å². The molecule has 0 bridgehead atoms. The minimum absolute atomic E-state index is 0.0684. The maximum atomic E-state index is 11.5. The van der Waals surface area contributed by atoms with Gasteiger partial charge in [-0.15, -0.1) is 0 Å². The monoisotopic (exact) mass is 240 g/mol. The van der Waals surface area contributed by atoms with E-state index in [-0.39, 0.29) is 30.1 Å². The number of ketones is 1. The predicted molar refractivity (Wildman–Crippen MR) is 61.3 cm³/mol. The molecular weight excluding hydrogens is 224 g/mol. The second kappa shape index (κ2) is 6.22. The summed E-state index contributed by atoms with van der Waals surface area (Å²) in [5, 5.41) is 27.2. The van der Waals surface area contributed by atoms with Gasteiger partial charge in [-0.2, -0.15) is 0 Å². The molecule has 0 aromatic heterocycles. The maximum Gasteiger partial charge on any atom is 0.166 e. The smallest absolute Gasteiger partial charge is 0.166 e. The van der Waals surface area contributed by atoms with Crippen LogP contribution >= 0.6 is 0 Å². The molecule has 17 heavy (non-hydrogen) atoms. The lowest BCUT2D eigenvalue weighted by Crippen LogP contribution is -2.21. The summed E-state index contributed by atoms with van der Waals surface area (Å²) < 4.78 is 5.18. The summed E-state index contributed by atoms with van der Waals surface area (Å²) in [4.78, 5) is 11.5. The number of rotatable bonds is 6. The Bertz CT molecular complexity index is 388. The van der Waals surface area contributed by atoms with E-state index in [9.17, 15) is 9.90 Å². The maximum absolute atomic E-state index is 11.5. The number of carbonyl (C=O) groups is 1. The summed E-state index contributed by atoms with van der Waals surface area (Å²) in [6.45, 7) is 1.24. The van der Waals surface area contributed by atoms with Crippen molar-refractivity contribution in [3.8, 4) is 11.5 Å². The largest absolute Gasteiger partial charge is 0.507 e. The van der Waals surface area contributed by atoms with Crippen LogP contribution in [0.5, 0.6) is 11.5 Å². The minimum Gasteiger partial charge on any atom is -0.507 e. The standard InChI is InChI=1S/C12H16O5/c1-2-11(15)10-5-9(3-4-12(10)16)17-7-8(14)6-13/h3-5,8,13-14,16H,2,6-7H2,1H3. The quantitative estimate of drug-likeness (QED) is 0.638. The van der Waals surface area contributed by atoms with Crippen LogP contribution in [0.15, 0.2) is 18.2 Å². The molecular formula is C12H16O5. The Morgan fingerprint density at radius 3 is 2.76 bits per heavy atom. The fourth-order valence-electron chi connectivity index (χ4n) is 1.26. The zero-order valence-corrected chi connectivity index (χ0v) is 9.59. The normalized spacial score (nSPS) is 12.2. The number of phenols is 1. The molecule has 0 saturated heterocycles. The Labute approximate surface area is 99.3 Å². The highest BCUT2D eigenvalue weighted by Gasteiger charge is 2.11. The third kappa shape index (κ3) is 3.72. The Hall–Kier alpha value is -1.59. The summed E-state index contributed by atoms with van der Waals surface area (Å²) in [5.41, 5.74) is 0.198. The number of hydrogen-bond donors (Lipinski definition) is 3. The SMILES string of the molecule is CCC(=O)c1cc(OCC(O)CO)ccc1O. The summed E-state index contributed by atoms with van der Waals surface area (Å²) >= 11 is 0. The molecule has 1 aromatic carbocycles. The number of phenolic OH excluding ortho intramolecular Hbond substituents is 1. The lowest BCUT2D eigenvalue weighted by molar-refractivity contribution is 0.0535. The third-order valence-corrected chi connectivity index (χ3v) is 2.24. The van der Waals surface area contributed by atoms with Crippen LogP contribution in [0.1, 0.15) is 23.7 Å². The van der Waals surface area contributed by atoms with E-state index in [1.54, 1.807) is 6.92 Å². The number of carbonyl (C=O) groups excluding carboxylic acids is 1. The summed E-state index contributed by atoms with van der Waals surface area (Å²) in [7, 11) is 0. The van der Waals surface area contributed by atoms with E-state index in [0.717, 1.165) is 0 Å². The molecule has 0 saturated carbocycles. The van der Waals surface area contributed by atoms with Gasteiger partial charge in [0, 0.05) is 6.42 Å². The van der Waals surface area contributed by atoms with E-state index in [4.69, 9.17) is 14.9 Å². The van der Waals surface area contributed by atoms with Crippen molar-refractivity contribution in [2.75, 3.05) is 13.2 Å². The number of benzene rings is 1. The van der Waals surface area contributed by atoms with Crippen molar-refractivity contribution in [2.24, 2.45) is 0 Å². The van der Waals surface area contributed by atoms with E-state index >= 15 is 0 Å². The van der Waals surface area contributed by atoms with Crippen molar-refractivity contribution in [3.05, 3.63) is 23.8 Å². The van der Waals surface area contributed by atoms with Crippen molar-refractivity contribution < 1.29 is 24.9 Å². The van der Waals surface area contributed by atoms with Gasteiger partial charge in [0.25, 0.3) is 0 Å². The molecule has 94 valence electrons. The molecule has 0 spiro atoms. The molecule has 0 aliphatic carbocycles. The van der Waals surface area contributed by atoms with E-state index < -0.39 is 12.7 Å². The van der Waals surface area contributed by atoms with Gasteiger partial charge in [-0.1, -0.05) is 6.92 Å². The van der Waals surface area contributed by atoms with Crippen molar-refractivity contribution in [3.63, 3.8) is 0 Å². The second-order valence-electron chi connectivity index (χ2n) is 3.60. The number of aliphatic hydroxyl groups excluding tert-OH is 2. The summed E-state index contributed by atoms with van der Waals surface area (Å²) in [6, 6.07) is 4.28. The molecule has 0 aliphatic heterocycles. The van der Waals surface area contributed by atoms with Crippen LogP contribution in [0.2, 0.25) is 0 Å². The average molecular weight is 240 g/mol. The number of aliphatic hydroxyl groups is 2. The first-order chi connectivity index (χ1) is 8.08. The number of ether oxygens (including phenoxy) is 1. The fraction of sp³-hybridized carbons (Fsp3) is 0.417. The topological polar surface area (TPSA) is 87.0 Å². The van der Waals surface area contributed by atoms with Crippen molar-refractivity contribution in [2.45, 2.75) is 19.4 Å². The molecule has 5 heteroatoms. The molecule has 5 nitrogen and oxygen atoms in total. The first kappa shape index (κ1) is 13.5. The van der Waals surface area contributed by atoms with Crippen LogP contribution in [-0.2, 0) is 0 Å². The van der Waals surface area contributed by atoms with Crippen LogP contribution < -0.4 is 4.74 Å². The molecule has 1 rings (SSSR count). The predicted octanol–water partition coefficient (Wildman–Crippen LogP) is 0.717. The number of aromatic hydroxyl groups is 1. The van der Waals surface area contributed by atoms with E-state index in [1.807, 2.05) is 0 Å². The highest BCUT2D eigenvalue weighted by Crippen LogP contribution is 2.24. The van der Waals surface area contributed by atoms with E-state index in [2.05, 4.69) is 0 Å². The Kier molecular flexibility index (Phi) is 4.93. The molecule has 3 N–H and O–H groups in total. The highest BCUT2D eigenvalue weighted by molar-refractivity contribution is 5.98. The van der Waals surface area contributed by atoms with Gasteiger partial charge in [-0.25, -0.2) is 0 Å². The molecule has 0 heterocycles. The zero-order valence-electron chi connectivity index (χ0n) is 9.59. The third-order valence-electron chi connectivity index (χ3n) is 2.24. The number of Topliss-reactive ketones (excluding diaryl/α,β-unsaturated/α-hetero) is 1. The van der Waals surface area contributed by atoms with Crippen molar-refractivity contribution in [1.82, 2.24) is 0 Å². The van der Waals surface area contributed by atoms with Gasteiger partial charge in [-0.05, 0) is 18.2 Å². The Balaban J connectivity index is 2.78. The van der Waals surface area contributed by atoms with E-state index in [1.165, 1.54) is 18.2 Å². The van der Waals surface area contributed by atoms with Gasteiger partial charge in [0.1, 0.15) is 24.2 Å². The minimum atomic E-state index is -0.964. The molecule has 1 aromatic rings. The zero-order chi connectivity index (χ0) is 12.8. The van der Waals surface area contributed by atoms with Crippen molar-refractivity contribution >= 4 is 5.78 Å². The van der Waals surface area contributed by atoms with Crippen LogP contribution in [0.3, 0.4) is 0 Å². The molecule has 0 aliphatic rings. The molecule has 0 radical (unpaired) electrons. The second-order valence-corrected chi connectivity index (χ2v) is 3.60. The highest BCUT2D eigenvalue weighted by atomic mass is 16.5. The molecule has 0 amide bonds. The van der Waals surface area contributed by atoms with Gasteiger partial charge in [0.2, 0.25) is 0 Å². The molecule has 0 fully saturated rings. The van der Waals surface area contributed by atoms with Gasteiger partial charge in [-0.3, -0.25) is 4.79 Å². The summed E-state index contributed by atoms with van der Waals surface area (Å²) in [5.74, 6) is 0.0923. The van der Waals surface area contributed by atoms with Gasteiger partial charge < -0.3 is 20.1 Å². The molecule has 1 atom stereocenters. The Morgan fingerprint density at radius 1 is 1.47 bits per heavy atom. The molecule has 1 unspecified atom stereocenters. The van der Waals surface area contributed by atoms with Gasteiger partial charge in [0.05, 0.1) is 12.2 Å². The van der Waals surface area contributed by atoms with Crippen molar-refractivity contribution in [1.29, 1.82) is 0 Å². The van der Waals surface area contributed by atoms with Crippen LogP contribution in [-0.4, -0.2) is 40.4 Å². The van der Waals surface area contributed by atoms with E-state index in [0.29, 0.717) is 5.75 Å². The van der Waals surface area contributed by atoms with Gasteiger partial charge >= 0.3 is 0 Å². The van der Waals surface area contributed by atoms with Crippen LogP contribution in [0.4, 0.5) is 0 Å².